The minimum absolute atomic E-state index is 0.190. The molecule has 2 N–H and O–H groups in total. The van der Waals surface area contributed by atoms with Crippen molar-refractivity contribution in [3.8, 4) is 0 Å². The molecule has 0 saturated heterocycles. The van der Waals surface area contributed by atoms with Crippen LogP contribution in [0.1, 0.15) is 6.92 Å². The zero-order chi connectivity index (χ0) is 7.94. The van der Waals surface area contributed by atoms with Crippen LogP contribution in [-0.2, 0) is 0 Å². The Kier molecular flexibility index (Phi) is 1.60. The van der Waals surface area contributed by atoms with E-state index in [2.05, 4.69) is 15.9 Å². The van der Waals surface area contributed by atoms with Gasteiger partial charge < -0.3 is 10.2 Å². The van der Waals surface area contributed by atoms with Gasteiger partial charge in [0.1, 0.15) is 11.6 Å². The smallest absolute Gasteiger partial charge is 0.171 e. The third-order valence-electron chi connectivity index (χ3n) is 1.41. The average Bonchev–Trinajstić information content (AvgIpc) is 1.97. The number of allylic oxidation sites excluding steroid dienone is 2. The summed E-state index contributed by atoms with van der Waals surface area (Å²) in [5.74, 6) is -1.14. The molecule has 4 heteroatoms. The molecule has 0 amide bonds. The van der Waals surface area contributed by atoms with Gasteiger partial charge in [0.15, 0.2) is 5.60 Å². The van der Waals surface area contributed by atoms with Gasteiger partial charge in [-0.15, -0.1) is 0 Å². The predicted molar refractivity (Wildman–Crippen MR) is 38.4 cm³/mol. The highest BCUT2D eigenvalue weighted by Gasteiger charge is 2.37. The molecule has 2 nitrogen and oxygen atoms in total. The predicted octanol–water partition coefficient (Wildman–Crippen LogP) is 1.77. The van der Waals surface area contributed by atoms with Crippen molar-refractivity contribution in [2.75, 3.05) is 0 Å². The fourth-order valence-electron chi connectivity index (χ4n) is 0.666. The molecular weight excluding hydrogens is 203 g/mol. The number of halogens is 2. The maximum Gasteiger partial charge on any atom is 0.171 e. The van der Waals surface area contributed by atoms with E-state index in [1.807, 2.05) is 0 Å². The molecule has 0 saturated carbocycles. The number of rotatable bonds is 0. The lowest BCUT2D eigenvalue weighted by molar-refractivity contribution is 0.0709. The van der Waals surface area contributed by atoms with E-state index in [0.717, 1.165) is 6.08 Å². The minimum atomic E-state index is -1.83. The standard InChI is InChI=1S/C6H6BrFO2/c1-6(10)4(8)2-3(7)5(6)9/h2,9-10H,1H3. The fraction of sp³-hybridized carbons (Fsp3) is 0.333. The van der Waals surface area contributed by atoms with Gasteiger partial charge in [-0.05, 0) is 28.9 Å². The maximum atomic E-state index is 12.6. The normalized spacial score (nSPS) is 33.0. The summed E-state index contributed by atoms with van der Waals surface area (Å²) in [5, 5.41) is 18.1. The molecule has 56 valence electrons. The quantitative estimate of drug-likeness (QED) is 0.638. The Morgan fingerprint density at radius 1 is 1.70 bits per heavy atom. The third-order valence-corrected chi connectivity index (χ3v) is 2.01. The molecule has 0 radical (unpaired) electrons. The second-order valence-electron chi connectivity index (χ2n) is 2.26. The molecule has 1 aliphatic carbocycles. The number of hydrogen-bond acceptors (Lipinski definition) is 2. The van der Waals surface area contributed by atoms with Crippen molar-refractivity contribution in [1.82, 2.24) is 0 Å². The van der Waals surface area contributed by atoms with Crippen LogP contribution in [0, 0.1) is 0 Å². The van der Waals surface area contributed by atoms with E-state index >= 15 is 0 Å². The van der Waals surface area contributed by atoms with Gasteiger partial charge in [0.05, 0.1) is 4.48 Å². The monoisotopic (exact) mass is 208 g/mol. The van der Waals surface area contributed by atoms with Crippen LogP contribution in [0.3, 0.4) is 0 Å². The van der Waals surface area contributed by atoms with Crippen LogP contribution in [-0.4, -0.2) is 15.8 Å². The van der Waals surface area contributed by atoms with Crippen molar-refractivity contribution < 1.29 is 14.6 Å². The van der Waals surface area contributed by atoms with E-state index in [9.17, 15) is 4.39 Å². The van der Waals surface area contributed by atoms with E-state index in [1.165, 1.54) is 6.92 Å². The van der Waals surface area contributed by atoms with Crippen molar-refractivity contribution in [3.05, 3.63) is 22.1 Å². The van der Waals surface area contributed by atoms with Gasteiger partial charge in [0, 0.05) is 0 Å². The first-order valence-corrected chi connectivity index (χ1v) is 3.45. The first kappa shape index (κ1) is 7.75. The molecule has 1 atom stereocenters. The Bertz CT molecular complexity index is 230. The summed E-state index contributed by atoms with van der Waals surface area (Å²) in [6, 6.07) is 0. The molecule has 1 rings (SSSR count). The van der Waals surface area contributed by atoms with Crippen LogP contribution in [0.15, 0.2) is 22.1 Å². The summed E-state index contributed by atoms with van der Waals surface area (Å²) in [7, 11) is 0. The summed E-state index contributed by atoms with van der Waals surface area (Å²) >= 11 is 2.87. The Hall–Kier alpha value is -0.350. The van der Waals surface area contributed by atoms with Crippen LogP contribution in [0.5, 0.6) is 0 Å². The van der Waals surface area contributed by atoms with Gasteiger partial charge in [-0.1, -0.05) is 0 Å². The van der Waals surface area contributed by atoms with Crippen molar-refractivity contribution >= 4 is 15.9 Å². The van der Waals surface area contributed by atoms with Crippen molar-refractivity contribution in [3.63, 3.8) is 0 Å². The molecule has 0 aliphatic heterocycles. The van der Waals surface area contributed by atoms with E-state index in [1.54, 1.807) is 0 Å². The van der Waals surface area contributed by atoms with Crippen molar-refractivity contribution in [1.29, 1.82) is 0 Å². The lowest BCUT2D eigenvalue weighted by Crippen LogP contribution is -2.25. The second kappa shape index (κ2) is 2.07. The van der Waals surface area contributed by atoms with Crippen LogP contribution in [0.25, 0.3) is 0 Å². The van der Waals surface area contributed by atoms with Crippen molar-refractivity contribution in [2.45, 2.75) is 12.5 Å². The SMILES string of the molecule is CC1(O)C(F)=CC(Br)=C1O. The van der Waals surface area contributed by atoms with Crippen LogP contribution >= 0.6 is 15.9 Å². The Balaban J connectivity index is 3.11. The molecule has 0 aromatic carbocycles. The highest BCUT2D eigenvalue weighted by molar-refractivity contribution is 9.11. The Labute approximate surface area is 65.8 Å². The number of hydrogen-bond donors (Lipinski definition) is 2. The van der Waals surface area contributed by atoms with Gasteiger partial charge >= 0.3 is 0 Å². The van der Waals surface area contributed by atoms with E-state index < -0.39 is 11.4 Å². The first-order chi connectivity index (χ1) is 4.46. The van der Waals surface area contributed by atoms with E-state index in [0.29, 0.717) is 0 Å². The molecule has 0 aromatic rings. The van der Waals surface area contributed by atoms with Gasteiger partial charge in [0.2, 0.25) is 0 Å². The highest BCUT2D eigenvalue weighted by atomic mass is 79.9. The average molecular weight is 209 g/mol. The summed E-state index contributed by atoms with van der Waals surface area (Å²) in [4.78, 5) is 0. The Morgan fingerprint density at radius 3 is 2.30 bits per heavy atom. The van der Waals surface area contributed by atoms with Crippen LogP contribution < -0.4 is 0 Å². The summed E-state index contributed by atoms with van der Waals surface area (Å²) in [5.41, 5.74) is -1.83. The minimum Gasteiger partial charge on any atom is -0.508 e. The van der Waals surface area contributed by atoms with E-state index in [-0.39, 0.29) is 10.2 Å². The largest absolute Gasteiger partial charge is 0.508 e. The van der Waals surface area contributed by atoms with Gasteiger partial charge in [-0.3, -0.25) is 0 Å². The van der Waals surface area contributed by atoms with Gasteiger partial charge in [0.25, 0.3) is 0 Å². The molecule has 1 aliphatic rings. The zero-order valence-corrected chi connectivity index (χ0v) is 6.81. The van der Waals surface area contributed by atoms with Crippen molar-refractivity contribution in [2.24, 2.45) is 0 Å². The lowest BCUT2D eigenvalue weighted by atomic mass is 10.1. The Morgan fingerprint density at radius 2 is 2.20 bits per heavy atom. The molecular formula is C6H6BrFO2. The highest BCUT2D eigenvalue weighted by Crippen LogP contribution is 2.36. The summed E-state index contributed by atoms with van der Waals surface area (Å²) in [6.45, 7) is 1.18. The second-order valence-corrected chi connectivity index (χ2v) is 3.12. The topological polar surface area (TPSA) is 40.5 Å². The molecule has 0 spiro atoms. The molecule has 0 bridgehead atoms. The zero-order valence-electron chi connectivity index (χ0n) is 5.23. The van der Waals surface area contributed by atoms with Crippen LogP contribution in [0.4, 0.5) is 4.39 Å². The molecule has 0 aromatic heterocycles. The molecule has 1 unspecified atom stereocenters. The first-order valence-electron chi connectivity index (χ1n) is 2.65. The molecule has 0 fully saturated rings. The maximum absolute atomic E-state index is 12.6. The summed E-state index contributed by atoms with van der Waals surface area (Å²) in [6.07, 6.45) is 1.04. The summed E-state index contributed by atoms with van der Waals surface area (Å²) < 4.78 is 12.8. The third kappa shape index (κ3) is 0.876. The fourth-order valence-corrected chi connectivity index (χ4v) is 1.25. The van der Waals surface area contributed by atoms with Gasteiger partial charge in [-0.25, -0.2) is 4.39 Å². The number of aliphatic hydroxyl groups excluding tert-OH is 1. The molecule has 0 heterocycles. The lowest BCUT2D eigenvalue weighted by Gasteiger charge is -2.15. The van der Waals surface area contributed by atoms with Crippen LogP contribution in [0.2, 0.25) is 0 Å². The van der Waals surface area contributed by atoms with E-state index in [4.69, 9.17) is 10.2 Å². The molecule has 10 heavy (non-hydrogen) atoms. The number of aliphatic hydroxyl groups is 2. The van der Waals surface area contributed by atoms with Gasteiger partial charge in [-0.2, -0.15) is 0 Å².